The summed E-state index contributed by atoms with van der Waals surface area (Å²) in [5.41, 5.74) is 20.5. The van der Waals surface area contributed by atoms with E-state index < -0.39 is 0 Å². The van der Waals surface area contributed by atoms with E-state index in [-0.39, 0.29) is 47.8 Å². The zero-order valence-corrected chi connectivity index (χ0v) is 40.2. The van der Waals surface area contributed by atoms with Gasteiger partial charge in [0.05, 0.1) is 59.5 Å². The highest BCUT2D eigenvalue weighted by atomic mass is 35.5. The number of nitrogens with two attached hydrogens (primary N) is 2. The molecule has 1 aliphatic heterocycles. The zero-order valence-electron chi connectivity index (χ0n) is 38.7. The van der Waals surface area contributed by atoms with Crippen molar-refractivity contribution in [3.05, 3.63) is 116 Å². The standard InChI is InChI=1S/C49H56Cl2N10O8/c1-3-11-66-42-34-21-30-7-5-8-31-22-35-26-39(55-49-59-45(51)57-47(53)61-49)28-37(43(35)67-12-4-2)24-33-10-6-9-32(23-36(42)27-38(25-34)54-48-58-44(50)56-46(52)60-48)41(33)69-29-65-18-17-63-14-13-62-15-16-64-19-20-68-40(30)31/h5-10,25-28H,3-4,11-24,29H2,1-2H3,(H3,52,54,56,58,60)(H3,53,55,57,59,61). The lowest BCUT2D eigenvalue weighted by Crippen LogP contribution is -2.16. The SMILES string of the molecule is CCCOc1c2cc(Nc3nc(N)nc(Cl)n3)cc1Cc1cccc3c1OCOCCOCCOCCOCCOc1c(cccc1Cc1cc(Nc4nc(N)nc(Cl)n4)cc(c1OCCC)C3)C2. The highest BCUT2D eigenvalue weighted by Crippen LogP contribution is 2.41. The van der Waals surface area contributed by atoms with Gasteiger partial charge in [-0.05, 0) is 82.6 Å². The lowest BCUT2D eigenvalue weighted by atomic mass is 9.90. The van der Waals surface area contributed by atoms with Gasteiger partial charge in [-0.2, -0.15) is 29.9 Å². The Bertz CT molecular complexity index is 2390. The summed E-state index contributed by atoms with van der Waals surface area (Å²) in [5.74, 6) is 3.16. The second kappa shape index (κ2) is 24.3. The average Bonchev–Trinajstić information content (AvgIpc) is 3.30. The molecule has 2 aliphatic rings. The minimum absolute atomic E-state index is 0.0160. The Morgan fingerprint density at radius 1 is 0.493 bits per heavy atom. The molecule has 2 aromatic heterocycles. The first-order chi connectivity index (χ1) is 33.7. The second-order valence-corrected chi connectivity index (χ2v) is 16.8. The van der Waals surface area contributed by atoms with Crippen molar-refractivity contribution in [3.63, 3.8) is 0 Å². The molecule has 0 saturated carbocycles. The smallest absolute Gasteiger partial charge is 0.233 e. The number of nitrogens with zero attached hydrogens (tertiary/aromatic N) is 6. The number of ether oxygens (including phenoxy) is 8. The predicted octanol–water partition coefficient (Wildman–Crippen LogP) is 8.06. The van der Waals surface area contributed by atoms with E-state index in [0.29, 0.717) is 108 Å². The molecule has 0 amide bonds. The molecule has 0 atom stereocenters. The van der Waals surface area contributed by atoms with Crippen LogP contribution in [0.15, 0.2) is 60.7 Å². The van der Waals surface area contributed by atoms with Gasteiger partial charge in [0.15, 0.2) is 6.79 Å². The Morgan fingerprint density at radius 2 is 0.870 bits per heavy atom. The Balaban J connectivity index is 1.35. The number of benzene rings is 4. The van der Waals surface area contributed by atoms with E-state index in [1.165, 1.54) is 0 Å². The molecule has 6 aromatic rings. The largest absolute Gasteiger partial charge is 0.493 e. The van der Waals surface area contributed by atoms with Gasteiger partial charge in [-0.3, -0.25) is 0 Å². The van der Waals surface area contributed by atoms with Crippen LogP contribution in [0.3, 0.4) is 0 Å². The number of nitrogens with one attached hydrogen (secondary N) is 2. The van der Waals surface area contributed by atoms with Gasteiger partial charge in [0, 0.05) is 59.3 Å². The van der Waals surface area contributed by atoms with E-state index in [9.17, 15) is 0 Å². The molecule has 3 heterocycles. The van der Waals surface area contributed by atoms with Crippen LogP contribution < -0.4 is 41.0 Å². The number of para-hydroxylation sites is 2. The number of hydrogen-bond donors (Lipinski definition) is 4. The quantitative estimate of drug-likeness (QED) is 0.102. The Kier molecular flexibility index (Phi) is 17.3. The van der Waals surface area contributed by atoms with Crippen LogP contribution in [0.2, 0.25) is 10.6 Å². The Morgan fingerprint density at radius 3 is 1.26 bits per heavy atom. The Hall–Kier alpha value is -6.28. The molecule has 18 nitrogen and oxygen atoms in total. The molecule has 0 fully saturated rings. The summed E-state index contributed by atoms with van der Waals surface area (Å²) in [6.07, 6.45) is 3.17. The maximum Gasteiger partial charge on any atom is 0.233 e. The van der Waals surface area contributed by atoms with Crippen LogP contribution in [0.5, 0.6) is 23.0 Å². The van der Waals surface area contributed by atoms with Crippen molar-refractivity contribution in [1.29, 1.82) is 0 Å². The molecule has 6 N–H and O–H groups in total. The summed E-state index contributed by atoms with van der Waals surface area (Å²) >= 11 is 12.5. The van der Waals surface area contributed by atoms with E-state index in [0.717, 1.165) is 68.8 Å². The van der Waals surface area contributed by atoms with E-state index in [1.54, 1.807) is 0 Å². The van der Waals surface area contributed by atoms with E-state index in [4.69, 9.17) is 72.6 Å². The van der Waals surface area contributed by atoms with Crippen molar-refractivity contribution in [2.45, 2.75) is 52.4 Å². The lowest BCUT2D eigenvalue weighted by Gasteiger charge is -2.24. The minimum Gasteiger partial charge on any atom is -0.493 e. The monoisotopic (exact) mass is 982 g/mol. The van der Waals surface area contributed by atoms with Crippen molar-refractivity contribution in [1.82, 2.24) is 29.9 Å². The van der Waals surface area contributed by atoms with Crippen LogP contribution in [0.4, 0.5) is 35.2 Å². The first-order valence-corrected chi connectivity index (χ1v) is 23.7. The van der Waals surface area contributed by atoms with Gasteiger partial charge in [-0.25, -0.2) is 0 Å². The molecule has 1 aliphatic carbocycles. The first kappa shape index (κ1) is 49.2. The molecule has 20 heteroatoms. The van der Waals surface area contributed by atoms with Gasteiger partial charge in [-0.15, -0.1) is 0 Å². The number of rotatable bonds is 10. The van der Waals surface area contributed by atoms with Gasteiger partial charge >= 0.3 is 0 Å². The van der Waals surface area contributed by atoms with Gasteiger partial charge < -0.3 is 60.0 Å². The number of fused-ring (bicyclic) bond motifs is 2. The summed E-state index contributed by atoms with van der Waals surface area (Å²) in [6.45, 7) is 7.97. The van der Waals surface area contributed by atoms with Crippen molar-refractivity contribution < 1.29 is 37.9 Å². The molecule has 4 aromatic carbocycles. The van der Waals surface area contributed by atoms with Gasteiger partial charge in [0.1, 0.15) is 29.6 Å². The fourth-order valence-electron chi connectivity index (χ4n) is 8.10. The molecular formula is C49H56Cl2N10O8. The van der Waals surface area contributed by atoms with E-state index in [1.807, 2.05) is 36.4 Å². The van der Waals surface area contributed by atoms with E-state index >= 15 is 0 Å². The Labute approximate surface area is 410 Å². The maximum atomic E-state index is 6.81. The van der Waals surface area contributed by atoms with Crippen LogP contribution in [0.25, 0.3) is 0 Å². The summed E-state index contributed by atoms with van der Waals surface area (Å²) < 4.78 is 50.6. The summed E-state index contributed by atoms with van der Waals surface area (Å²) in [6, 6.07) is 20.4. The number of aromatic nitrogens is 6. The molecule has 0 saturated heterocycles. The fraction of sp³-hybridized carbons (Fsp3) is 0.388. The number of nitrogen functional groups attached to an aromatic ring is 2. The third kappa shape index (κ3) is 13.5. The van der Waals surface area contributed by atoms with Gasteiger partial charge in [0.25, 0.3) is 0 Å². The zero-order chi connectivity index (χ0) is 48.0. The van der Waals surface area contributed by atoms with Crippen LogP contribution in [0.1, 0.15) is 71.2 Å². The average molecular weight is 984 g/mol. The van der Waals surface area contributed by atoms with Crippen LogP contribution in [0, 0.1) is 0 Å². The third-order valence-electron chi connectivity index (χ3n) is 10.9. The molecule has 0 unspecified atom stereocenters. The number of anilines is 6. The van der Waals surface area contributed by atoms with Gasteiger partial charge in [0.2, 0.25) is 34.4 Å². The minimum atomic E-state index is -0.0418. The topological polar surface area (TPSA) is 227 Å². The lowest BCUT2D eigenvalue weighted by molar-refractivity contribution is -0.0316. The normalized spacial score (nSPS) is 14.8. The molecule has 0 radical (unpaired) electrons. The second-order valence-electron chi connectivity index (χ2n) is 16.1. The summed E-state index contributed by atoms with van der Waals surface area (Å²) in [4.78, 5) is 25.2. The van der Waals surface area contributed by atoms with Crippen molar-refractivity contribution in [2.75, 3.05) is 95.0 Å². The third-order valence-corrected chi connectivity index (χ3v) is 11.2. The first-order valence-electron chi connectivity index (χ1n) is 23.0. The summed E-state index contributed by atoms with van der Waals surface area (Å²) in [7, 11) is 0. The molecule has 69 heavy (non-hydrogen) atoms. The van der Waals surface area contributed by atoms with E-state index in [2.05, 4.69) is 78.7 Å². The van der Waals surface area contributed by atoms with Gasteiger partial charge in [-0.1, -0.05) is 50.2 Å². The molecular weight excluding hydrogens is 928 g/mol. The summed E-state index contributed by atoms with van der Waals surface area (Å²) in [5, 5.41) is 6.60. The molecule has 364 valence electrons. The van der Waals surface area contributed by atoms with Crippen LogP contribution in [-0.4, -0.2) is 103 Å². The molecule has 8 rings (SSSR count). The molecule has 0 spiro atoms. The predicted molar refractivity (Wildman–Crippen MR) is 263 cm³/mol. The van der Waals surface area contributed by atoms with Crippen LogP contribution in [-0.2, 0) is 44.6 Å². The van der Waals surface area contributed by atoms with Crippen molar-refractivity contribution in [3.8, 4) is 23.0 Å². The number of hydrogen-bond acceptors (Lipinski definition) is 18. The molecule has 10 bridgehead atoms. The van der Waals surface area contributed by atoms with Crippen molar-refractivity contribution in [2.24, 2.45) is 0 Å². The van der Waals surface area contributed by atoms with Crippen LogP contribution >= 0.6 is 23.2 Å². The maximum absolute atomic E-state index is 6.81. The highest BCUT2D eigenvalue weighted by molar-refractivity contribution is 6.28. The van der Waals surface area contributed by atoms with Crippen molar-refractivity contribution >= 4 is 58.4 Å². The highest BCUT2D eigenvalue weighted by Gasteiger charge is 2.24. The number of halogens is 2. The fourth-order valence-corrected chi connectivity index (χ4v) is 8.44.